The Bertz CT molecular complexity index is 840. The van der Waals surface area contributed by atoms with E-state index < -0.39 is 0 Å². The molecule has 0 radical (unpaired) electrons. The van der Waals surface area contributed by atoms with E-state index in [0.717, 1.165) is 5.56 Å². The molecule has 0 aliphatic rings. The molecule has 0 bridgehead atoms. The zero-order valence-electron chi connectivity index (χ0n) is 12.5. The minimum absolute atomic E-state index is 0.0592. The first-order valence-corrected chi connectivity index (χ1v) is 7.32. The number of carbonyl (C=O) groups is 1. The van der Waals surface area contributed by atoms with Crippen LogP contribution in [0.15, 0.2) is 84.9 Å². The van der Waals surface area contributed by atoms with E-state index >= 15 is 0 Å². The maximum absolute atomic E-state index is 12.9. The number of hydrogen-bond acceptors (Lipinski definition) is 2. The van der Waals surface area contributed by atoms with Gasteiger partial charge in [-0.15, -0.1) is 4.58 Å². The van der Waals surface area contributed by atoms with E-state index in [2.05, 4.69) is 0 Å². The van der Waals surface area contributed by atoms with Gasteiger partial charge in [0.25, 0.3) is 5.69 Å². The van der Waals surface area contributed by atoms with Crippen molar-refractivity contribution in [1.29, 1.82) is 0 Å². The van der Waals surface area contributed by atoms with Gasteiger partial charge in [-0.05, 0) is 30.3 Å². The van der Waals surface area contributed by atoms with Gasteiger partial charge in [0, 0.05) is 11.6 Å². The van der Waals surface area contributed by atoms with Crippen molar-refractivity contribution in [1.82, 2.24) is 0 Å². The second-order valence-corrected chi connectivity index (χ2v) is 5.07. The summed E-state index contributed by atoms with van der Waals surface area (Å²) in [6, 6.07) is 25.4. The van der Waals surface area contributed by atoms with E-state index in [4.69, 9.17) is 0 Å². The number of phenols is 1. The molecule has 0 saturated carbocycles. The summed E-state index contributed by atoms with van der Waals surface area (Å²) in [4.78, 5) is 12.9. The number of para-hydroxylation sites is 2. The lowest BCUT2D eigenvalue weighted by molar-refractivity contribution is -0.330. The zero-order chi connectivity index (χ0) is 16.1. The second-order valence-electron chi connectivity index (χ2n) is 5.07. The highest BCUT2D eigenvalue weighted by Gasteiger charge is 2.25. The van der Waals surface area contributed by atoms with E-state index in [9.17, 15) is 9.90 Å². The predicted octanol–water partition coefficient (Wildman–Crippen LogP) is 4.00. The molecule has 0 heterocycles. The molecule has 23 heavy (non-hydrogen) atoms. The van der Waals surface area contributed by atoms with Crippen LogP contribution in [0.5, 0.6) is 5.75 Å². The first-order chi connectivity index (χ1) is 11.3. The summed E-state index contributed by atoms with van der Waals surface area (Å²) in [6.45, 7) is 0. The maximum atomic E-state index is 12.9. The summed E-state index contributed by atoms with van der Waals surface area (Å²) in [5.41, 5.74) is 1.88. The summed E-state index contributed by atoms with van der Waals surface area (Å²) in [5.74, 6) is -0.139. The Balaban J connectivity index is 2.13. The van der Waals surface area contributed by atoms with Crippen molar-refractivity contribution < 1.29 is 14.5 Å². The fourth-order valence-corrected chi connectivity index (χ4v) is 2.31. The highest BCUT2D eigenvalue weighted by Crippen LogP contribution is 2.26. The summed E-state index contributed by atoms with van der Waals surface area (Å²) in [7, 11) is 0. The third kappa shape index (κ3) is 3.35. The van der Waals surface area contributed by atoms with Crippen molar-refractivity contribution in [2.45, 2.75) is 0 Å². The summed E-state index contributed by atoms with van der Waals surface area (Å²) >= 11 is 0. The molecule has 3 nitrogen and oxygen atoms in total. The van der Waals surface area contributed by atoms with Gasteiger partial charge < -0.3 is 5.11 Å². The molecular formula is C20H16NO2+. The minimum Gasteiger partial charge on any atom is -0.502 e. The Hall–Kier alpha value is -3.20. The van der Waals surface area contributed by atoms with Crippen molar-refractivity contribution >= 4 is 17.8 Å². The van der Waals surface area contributed by atoms with Gasteiger partial charge in [-0.1, -0.05) is 48.5 Å². The van der Waals surface area contributed by atoms with Gasteiger partial charge >= 0.3 is 5.91 Å². The van der Waals surface area contributed by atoms with Crippen LogP contribution in [0.2, 0.25) is 0 Å². The lowest BCUT2D eigenvalue weighted by atomic mass is 10.1. The number of nitrogens with zero attached hydrogens (tertiary/aromatic N) is 1. The van der Waals surface area contributed by atoms with Crippen molar-refractivity contribution in [2.24, 2.45) is 0 Å². The third-order valence-corrected chi connectivity index (χ3v) is 3.46. The first kappa shape index (κ1) is 14.7. The average Bonchev–Trinajstić information content (AvgIpc) is 2.61. The number of benzene rings is 3. The van der Waals surface area contributed by atoms with Crippen molar-refractivity contribution in [2.75, 3.05) is 0 Å². The van der Waals surface area contributed by atoms with Crippen LogP contribution in [0.3, 0.4) is 0 Å². The van der Waals surface area contributed by atoms with Gasteiger partial charge in [0.15, 0.2) is 12.0 Å². The Morgan fingerprint density at radius 2 is 1.35 bits per heavy atom. The van der Waals surface area contributed by atoms with E-state index in [1.807, 2.05) is 48.5 Å². The maximum Gasteiger partial charge on any atom is 0.425 e. The third-order valence-electron chi connectivity index (χ3n) is 3.46. The Labute approximate surface area is 134 Å². The Kier molecular flexibility index (Phi) is 4.29. The number of aromatic hydroxyl groups is 1. The molecule has 0 atom stereocenters. The fraction of sp³-hybridized carbons (Fsp3) is 0. The van der Waals surface area contributed by atoms with Gasteiger partial charge in [0.2, 0.25) is 0 Å². The van der Waals surface area contributed by atoms with Crippen LogP contribution in [0.1, 0.15) is 15.9 Å². The predicted molar refractivity (Wildman–Crippen MR) is 90.4 cm³/mol. The number of amides is 1. The van der Waals surface area contributed by atoms with E-state index in [0.29, 0.717) is 11.3 Å². The van der Waals surface area contributed by atoms with Crippen LogP contribution in [-0.2, 0) is 0 Å². The van der Waals surface area contributed by atoms with Crippen molar-refractivity contribution in [3.05, 3.63) is 96.1 Å². The summed E-state index contributed by atoms with van der Waals surface area (Å²) in [5, 5.41) is 10.1. The molecule has 3 aromatic carbocycles. The number of phenolic OH excluding ortho intramolecular Hbond substituents is 1. The van der Waals surface area contributed by atoms with E-state index in [1.165, 1.54) is 4.58 Å². The molecule has 0 fully saturated rings. The van der Waals surface area contributed by atoms with Gasteiger partial charge in [0.1, 0.15) is 0 Å². The SMILES string of the molecule is O=C(c1ccccc1)[N+](=Cc1ccccc1)c1ccccc1O. The zero-order valence-corrected chi connectivity index (χ0v) is 12.5. The molecule has 0 aliphatic carbocycles. The van der Waals surface area contributed by atoms with E-state index in [-0.39, 0.29) is 11.7 Å². The van der Waals surface area contributed by atoms with E-state index in [1.54, 1.807) is 42.6 Å². The first-order valence-electron chi connectivity index (χ1n) is 7.32. The topological polar surface area (TPSA) is 40.3 Å². The minimum atomic E-state index is -0.198. The molecule has 0 unspecified atom stereocenters. The lowest BCUT2D eigenvalue weighted by Gasteiger charge is -2.03. The molecular weight excluding hydrogens is 286 g/mol. The molecule has 0 spiro atoms. The monoisotopic (exact) mass is 302 g/mol. The van der Waals surface area contributed by atoms with Gasteiger partial charge in [-0.3, -0.25) is 0 Å². The fourth-order valence-electron chi connectivity index (χ4n) is 2.31. The van der Waals surface area contributed by atoms with Crippen molar-refractivity contribution in [3.63, 3.8) is 0 Å². The standard InChI is InChI=1S/C20H15NO2/c22-19-14-8-7-13-18(19)21(15-16-9-3-1-4-10-16)20(23)17-11-5-2-6-12-17/h1-15H/p+1. The summed E-state index contributed by atoms with van der Waals surface area (Å²) in [6.07, 6.45) is 1.73. The van der Waals surface area contributed by atoms with Crippen LogP contribution in [0.25, 0.3) is 0 Å². The second kappa shape index (κ2) is 6.71. The lowest BCUT2D eigenvalue weighted by Crippen LogP contribution is -2.18. The highest BCUT2D eigenvalue weighted by molar-refractivity contribution is 5.94. The molecule has 0 saturated heterocycles. The molecule has 1 amide bonds. The molecule has 3 heteroatoms. The molecule has 3 aromatic rings. The van der Waals surface area contributed by atoms with Crippen LogP contribution < -0.4 is 0 Å². The Morgan fingerprint density at radius 1 is 0.783 bits per heavy atom. The van der Waals surface area contributed by atoms with Gasteiger partial charge in [-0.25, -0.2) is 4.79 Å². The van der Waals surface area contributed by atoms with Crippen LogP contribution in [0.4, 0.5) is 5.69 Å². The number of carbonyl (C=O) groups excluding carboxylic acids is 1. The van der Waals surface area contributed by atoms with Crippen LogP contribution >= 0.6 is 0 Å². The smallest absolute Gasteiger partial charge is 0.425 e. The van der Waals surface area contributed by atoms with Crippen LogP contribution in [-0.4, -0.2) is 21.8 Å². The number of rotatable bonds is 3. The highest BCUT2D eigenvalue weighted by atomic mass is 16.3. The molecule has 1 N–H and O–H groups in total. The van der Waals surface area contributed by atoms with Crippen LogP contribution in [0, 0.1) is 0 Å². The average molecular weight is 302 g/mol. The normalized spacial score (nSPS) is 11.2. The quantitative estimate of drug-likeness (QED) is 0.587. The molecule has 3 rings (SSSR count). The van der Waals surface area contributed by atoms with Crippen molar-refractivity contribution in [3.8, 4) is 5.75 Å². The van der Waals surface area contributed by atoms with Gasteiger partial charge in [0.05, 0.1) is 5.56 Å². The van der Waals surface area contributed by atoms with Gasteiger partial charge in [-0.2, -0.15) is 0 Å². The molecule has 0 aromatic heterocycles. The Morgan fingerprint density at radius 3 is 2.00 bits per heavy atom. The largest absolute Gasteiger partial charge is 0.502 e. The molecule has 112 valence electrons. The summed E-state index contributed by atoms with van der Waals surface area (Å²) < 4.78 is 1.47. The number of hydrogen-bond donors (Lipinski definition) is 1. The molecule has 0 aliphatic heterocycles.